The molecule has 0 saturated carbocycles. The molecule has 7 heteroatoms. The summed E-state index contributed by atoms with van der Waals surface area (Å²) in [7, 11) is 0. The van der Waals surface area contributed by atoms with Gasteiger partial charge in [0.1, 0.15) is 5.60 Å². The van der Waals surface area contributed by atoms with Gasteiger partial charge in [0.15, 0.2) is 0 Å². The molecule has 84 valence electrons. The van der Waals surface area contributed by atoms with Gasteiger partial charge in [0.05, 0.1) is 0 Å². The zero-order valence-corrected chi connectivity index (χ0v) is 12.8. The summed E-state index contributed by atoms with van der Waals surface area (Å²) in [5, 5.41) is 0. The van der Waals surface area contributed by atoms with E-state index >= 15 is 0 Å². The van der Waals surface area contributed by atoms with Crippen LogP contribution in [0.5, 0.6) is 0 Å². The average molecular weight is 250 g/mol. The maximum absolute atomic E-state index is 11.8. The Bertz CT molecular complexity index is 201. The molecule has 2 nitrogen and oxygen atoms in total. The number of ether oxygens (including phenoxy) is 1. The fraction of sp³-hybridized carbons (Fsp3) is 0.875. The Balaban J connectivity index is 0. The molecule has 0 aromatic carbocycles. The van der Waals surface area contributed by atoms with Gasteiger partial charge in [-0.25, -0.2) is 0 Å². The second-order valence-corrected chi connectivity index (χ2v) is 4.19. The number of carbonyl (C=O) groups is 1. The molecule has 0 bridgehead atoms. The van der Waals surface area contributed by atoms with Gasteiger partial charge in [-0.3, -0.25) is 4.79 Å². The van der Waals surface area contributed by atoms with E-state index in [1.54, 1.807) is 20.8 Å². The summed E-state index contributed by atoms with van der Waals surface area (Å²) in [6.45, 7) is 0.261. The number of esters is 1. The SMILES string of the molecule is CC(C)(C)OC(=O)CCC[B-](F)(F)F.[K+]. The van der Waals surface area contributed by atoms with Crippen molar-refractivity contribution in [1.29, 1.82) is 0 Å². The standard InChI is InChI=1S/C8H15BF3O2.K/c1-8(2,3)14-7(13)5-4-6-9(10,11)12;/h4-6H2,1-3H3;/q-1;+1. The van der Waals surface area contributed by atoms with E-state index in [1.165, 1.54) is 0 Å². The van der Waals surface area contributed by atoms with Crippen molar-refractivity contribution < 1.29 is 73.9 Å². The van der Waals surface area contributed by atoms with Crippen LogP contribution in [0.15, 0.2) is 0 Å². The van der Waals surface area contributed by atoms with Crippen LogP contribution in [0.1, 0.15) is 33.6 Å². The molecule has 0 saturated heterocycles. The van der Waals surface area contributed by atoms with E-state index in [-0.39, 0.29) is 64.2 Å². The normalized spacial score (nSPS) is 11.9. The second-order valence-electron chi connectivity index (χ2n) is 4.19. The predicted octanol–water partition coefficient (Wildman–Crippen LogP) is -0.0403. The van der Waals surface area contributed by atoms with Crippen molar-refractivity contribution in [3.63, 3.8) is 0 Å². The van der Waals surface area contributed by atoms with Crippen molar-refractivity contribution in [2.75, 3.05) is 0 Å². The Kier molecular flexibility index (Phi) is 8.94. The number of halogens is 3. The van der Waals surface area contributed by atoms with Gasteiger partial charge < -0.3 is 17.7 Å². The zero-order valence-electron chi connectivity index (χ0n) is 9.65. The Labute approximate surface area is 131 Å². The van der Waals surface area contributed by atoms with E-state index in [2.05, 4.69) is 0 Å². The molecule has 0 aliphatic rings. The largest absolute Gasteiger partial charge is 1.00 e. The summed E-state index contributed by atoms with van der Waals surface area (Å²) in [5.74, 6) is -0.572. The van der Waals surface area contributed by atoms with E-state index in [0.29, 0.717) is 0 Å². The molecule has 0 N–H and O–H groups in total. The summed E-state index contributed by atoms with van der Waals surface area (Å²) in [6.07, 6.45) is -1.23. The quantitative estimate of drug-likeness (QED) is 0.517. The van der Waals surface area contributed by atoms with Crippen molar-refractivity contribution in [3.8, 4) is 0 Å². The molecule has 0 atom stereocenters. The first-order valence-electron chi connectivity index (χ1n) is 4.53. The fourth-order valence-electron chi connectivity index (χ4n) is 0.870. The van der Waals surface area contributed by atoms with Crippen LogP contribution in [0.2, 0.25) is 6.32 Å². The third-order valence-corrected chi connectivity index (χ3v) is 1.33. The molecule has 0 unspecified atom stereocenters. The van der Waals surface area contributed by atoms with Crippen molar-refractivity contribution in [2.45, 2.75) is 45.5 Å². The van der Waals surface area contributed by atoms with Crippen molar-refractivity contribution >= 4 is 12.9 Å². The van der Waals surface area contributed by atoms with Crippen molar-refractivity contribution in [1.82, 2.24) is 0 Å². The molecule has 0 spiro atoms. The van der Waals surface area contributed by atoms with Gasteiger partial charge in [-0.2, -0.15) is 0 Å². The Morgan fingerprint density at radius 1 is 1.27 bits per heavy atom. The molecule has 0 aliphatic heterocycles. The van der Waals surface area contributed by atoms with E-state index in [4.69, 9.17) is 4.74 Å². The van der Waals surface area contributed by atoms with Gasteiger partial charge in [-0.1, -0.05) is 12.7 Å². The minimum Gasteiger partial charge on any atom is -0.460 e. The summed E-state index contributed by atoms with van der Waals surface area (Å²) in [6, 6.07) is 0. The van der Waals surface area contributed by atoms with Crippen LogP contribution in [0.4, 0.5) is 12.9 Å². The minimum atomic E-state index is -4.78. The van der Waals surface area contributed by atoms with Gasteiger partial charge in [-0.15, -0.1) is 0 Å². The predicted molar refractivity (Wildman–Crippen MR) is 49.0 cm³/mol. The molecule has 0 aromatic heterocycles. The molecule has 0 rings (SSSR count). The van der Waals surface area contributed by atoms with Crippen molar-refractivity contribution in [3.05, 3.63) is 0 Å². The first kappa shape index (κ1) is 18.3. The number of carbonyl (C=O) groups excluding carboxylic acids is 1. The Morgan fingerprint density at radius 2 is 1.73 bits per heavy atom. The molecule has 0 heterocycles. The second kappa shape index (κ2) is 7.32. The summed E-state index contributed by atoms with van der Waals surface area (Å²) in [4.78, 5) is 11.0. The molecule has 0 aromatic rings. The number of hydrogen-bond acceptors (Lipinski definition) is 2. The van der Waals surface area contributed by atoms with Crippen LogP contribution in [0.3, 0.4) is 0 Å². The molecular weight excluding hydrogens is 235 g/mol. The third-order valence-electron chi connectivity index (χ3n) is 1.33. The third kappa shape index (κ3) is 15.0. The van der Waals surface area contributed by atoms with Crippen molar-refractivity contribution in [2.24, 2.45) is 0 Å². The van der Waals surface area contributed by atoms with Crippen LogP contribution in [-0.2, 0) is 9.53 Å². The maximum atomic E-state index is 11.8. The summed E-state index contributed by atoms with van der Waals surface area (Å²) < 4.78 is 40.1. The molecule has 0 radical (unpaired) electrons. The van der Waals surface area contributed by atoms with Crippen LogP contribution in [-0.4, -0.2) is 18.5 Å². The Morgan fingerprint density at radius 3 is 2.07 bits per heavy atom. The van der Waals surface area contributed by atoms with Crippen LogP contribution in [0.25, 0.3) is 0 Å². The molecule has 0 amide bonds. The fourth-order valence-corrected chi connectivity index (χ4v) is 0.870. The van der Waals surface area contributed by atoms with Gasteiger partial charge in [0, 0.05) is 6.42 Å². The first-order valence-corrected chi connectivity index (χ1v) is 4.53. The summed E-state index contributed by atoms with van der Waals surface area (Å²) in [5.41, 5.74) is -0.625. The van der Waals surface area contributed by atoms with Gasteiger partial charge >= 0.3 is 64.3 Å². The number of hydrogen-bond donors (Lipinski definition) is 0. The molecule has 0 aliphatic carbocycles. The smallest absolute Gasteiger partial charge is 0.460 e. The maximum Gasteiger partial charge on any atom is 1.00 e. The average Bonchev–Trinajstić information content (AvgIpc) is 1.78. The van der Waals surface area contributed by atoms with E-state index in [1.807, 2.05) is 0 Å². The van der Waals surface area contributed by atoms with Gasteiger partial charge in [0.25, 0.3) is 0 Å². The first-order chi connectivity index (χ1) is 6.10. The molecule has 0 fully saturated rings. The topological polar surface area (TPSA) is 26.3 Å². The van der Waals surface area contributed by atoms with Crippen LogP contribution >= 0.6 is 0 Å². The van der Waals surface area contributed by atoms with E-state index in [9.17, 15) is 17.7 Å². The minimum absolute atomic E-state index is 0. The van der Waals surface area contributed by atoms with Crippen LogP contribution in [0, 0.1) is 0 Å². The zero-order chi connectivity index (χ0) is 11.4. The van der Waals surface area contributed by atoms with E-state index in [0.717, 1.165) is 0 Å². The Hall–Kier alpha value is 0.961. The van der Waals surface area contributed by atoms with Gasteiger partial charge in [0.2, 0.25) is 0 Å². The van der Waals surface area contributed by atoms with E-state index < -0.39 is 24.9 Å². The monoisotopic (exact) mass is 250 g/mol. The molecule has 15 heavy (non-hydrogen) atoms. The number of rotatable bonds is 4. The summed E-state index contributed by atoms with van der Waals surface area (Å²) >= 11 is 0. The molecular formula is C8H15BF3KO2. The van der Waals surface area contributed by atoms with Gasteiger partial charge in [-0.05, 0) is 20.8 Å². The van der Waals surface area contributed by atoms with Crippen LogP contribution < -0.4 is 51.4 Å².